The molecule has 8 heteroatoms. The van der Waals surface area contributed by atoms with Crippen molar-refractivity contribution in [2.75, 3.05) is 5.32 Å². The van der Waals surface area contributed by atoms with Crippen molar-refractivity contribution in [3.8, 4) is 11.4 Å². The first-order chi connectivity index (χ1) is 12.5. The summed E-state index contributed by atoms with van der Waals surface area (Å²) >= 11 is 7.30. The molecule has 3 aromatic rings. The quantitative estimate of drug-likeness (QED) is 0.656. The van der Waals surface area contributed by atoms with Gasteiger partial charge in [-0.15, -0.1) is 10.2 Å². The fourth-order valence-electron chi connectivity index (χ4n) is 2.30. The molecular weight excluding hydrogens is 375 g/mol. The number of aromatic nitrogens is 3. The molecule has 5 nitrogen and oxygen atoms in total. The molecule has 26 heavy (non-hydrogen) atoms. The first-order valence-electron chi connectivity index (χ1n) is 7.83. The number of carbonyl (C=O) groups excluding carboxylic acids is 1. The second-order valence-electron chi connectivity index (χ2n) is 5.57. The maximum absolute atomic E-state index is 14.0. The molecule has 134 valence electrons. The van der Waals surface area contributed by atoms with E-state index in [0.717, 1.165) is 0 Å². The summed E-state index contributed by atoms with van der Waals surface area (Å²) in [6.45, 7) is 1.76. The average molecular weight is 391 g/mol. The molecule has 0 saturated heterocycles. The van der Waals surface area contributed by atoms with Crippen LogP contribution in [0.2, 0.25) is 5.02 Å². The molecule has 3 rings (SSSR count). The Hall–Kier alpha value is -2.38. The third-order valence-electron chi connectivity index (χ3n) is 3.73. The molecule has 0 aliphatic carbocycles. The third-order valence-corrected chi connectivity index (χ3v) is 5.20. The predicted octanol–water partition coefficient (Wildman–Crippen LogP) is 4.39. The van der Waals surface area contributed by atoms with Crippen molar-refractivity contribution in [2.24, 2.45) is 7.05 Å². The van der Waals surface area contributed by atoms with Crippen LogP contribution in [0, 0.1) is 5.82 Å². The monoisotopic (exact) mass is 390 g/mol. The van der Waals surface area contributed by atoms with Gasteiger partial charge in [0, 0.05) is 7.05 Å². The van der Waals surface area contributed by atoms with Crippen molar-refractivity contribution in [2.45, 2.75) is 17.3 Å². The van der Waals surface area contributed by atoms with Gasteiger partial charge in [0.1, 0.15) is 5.82 Å². The molecule has 1 N–H and O–H groups in total. The van der Waals surface area contributed by atoms with Crippen LogP contribution in [-0.2, 0) is 11.8 Å². The van der Waals surface area contributed by atoms with Crippen molar-refractivity contribution in [1.29, 1.82) is 0 Å². The van der Waals surface area contributed by atoms with E-state index in [1.54, 1.807) is 61.0 Å². The van der Waals surface area contributed by atoms with Gasteiger partial charge in [0.2, 0.25) is 5.91 Å². The number of nitrogens with zero attached hydrogens (tertiary/aromatic N) is 3. The number of para-hydroxylation sites is 1. The molecule has 0 aliphatic rings. The first-order valence-corrected chi connectivity index (χ1v) is 9.09. The zero-order valence-corrected chi connectivity index (χ0v) is 15.7. The fourth-order valence-corrected chi connectivity index (χ4v) is 3.30. The highest BCUT2D eigenvalue weighted by Crippen LogP contribution is 2.28. The Morgan fingerprint density at radius 1 is 1.19 bits per heavy atom. The summed E-state index contributed by atoms with van der Waals surface area (Å²) < 4.78 is 15.6. The van der Waals surface area contributed by atoms with Crippen LogP contribution in [0.3, 0.4) is 0 Å². The van der Waals surface area contributed by atoms with E-state index in [4.69, 9.17) is 11.6 Å². The van der Waals surface area contributed by atoms with Crippen molar-refractivity contribution in [3.05, 3.63) is 59.4 Å². The Morgan fingerprint density at radius 2 is 1.88 bits per heavy atom. The normalized spacial score (nSPS) is 12.0. The standard InChI is InChI=1S/C18H16ClFN4OS/c1-11(17(25)21-15-10-6-4-8-13(15)19)26-18-23-22-16(24(18)2)12-7-3-5-9-14(12)20/h3-11H,1-2H3,(H,21,25)/t11-/m0/s1. The van der Waals surface area contributed by atoms with Crippen molar-refractivity contribution in [1.82, 2.24) is 14.8 Å². The Balaban J connectivity index is 1.74. The summed E-state index contributed by atoms with van der Waals surface area (Å²) in [5.41, 5.74) is 0.916. The van der Waals surface area contributed by atoms with Gasteiger partial charge in [-0.05, 0) is 31.2 Å². The molecule has 1 heterocycles. The second-order valence-corrected chi connectivity index (χ2v) is 7.29. The molecule has 0 radical (unpaired) electrons. The first kappa shape index (κ1) is 18.4. The lowest BCUT2D eigenvalue weighted by Gasteiger charge is -2.12. The number of hydrogen-bond donors (Lipinski definition) is 1. The van der Waals surface area contributed by atoms with Gasteiger partial charge in [-0.25, -0.2) is 4.39 Å². The number of halogens is 2. The van der Waals surface area contributed by atoms with E-state index in [-0.39, 0.29) is 11.7 Å². The molecule has 0 unspecified atom stereocenters. The number of nitrogens with one attached hydrogen (secondary N) is 1. The summed E-state index contributed by atoms with van der Waals surface area (Å²) in [4.78, 5) is 12.4. The number of benzene rings is 2. The molecule has 0 aliphatic heterocycles. The zero-order valence-electron chi connectivity index (χ0n) is 14.1. The summed E-state index contributed by atoms with van der Waals surface area (Å²) in [7, 11) is 1.74. The van der Waals surface area contributed by atoms with E-state index in [9.17, 15) is 9.18 Å². The Morgan fingerprint density at radius 3 is 2.62 bits per heavy atom. The minimum atomic E-state index is -0.442. The van der Waals surface area contributed by atoms with Crippen molar-refractivity contribution in [3.63, 3.8) is 0 Å². The van der Waals surface area contributed by atoms with Gasteiger partial charge in [-0.3, -0.25) is 4.79 Å². The smallest absolute Gasteiger partial charge is 0.237 e. The van der Waals surface area contributed by atoms with Crippen LogP contribution in [-0.4, -0.2) is 25.9 Å². The Labute approximate surface area is 159 Å². The molecule has 0 saturated carbocycles. The highest BCUT2D eigenvalue weighted by Gasteiger charge is 2.21. The molecule has 2 aromatic carbocycles. The Bertz CT molecular complexity index is 946. The number of hydrogen-bond acceptors (Lipinski definition) is 4. The van der Waals surface area contributed by atoms with Crippen molar-refractivity contribution < 1.29 is 9.18 Å². The molecule has 0 fully saturated rings. The fraction of sp³-hybridized carbons (Fsp3) is 0.167. The number of anilines is 1. The van der Waals surface area contributed by atoms with Crippen LogP contribution >= 0.6 is 23.4 Å². The van der Waals surface area contributed by atoms with E-state index < -0.39 is 5.25 Å². The number of thioether (sulfide) groups is 1. The maximum Gasteiger partial charge on any atom is 0.237 e. The molecule has 1 aromatic heterocycles. The third kappa shape index (κ3) is 3.89. The highest BCUT2D eigenvalue weighted by molar-refractivity contribution is 8.00. The summed E-state index contributed by atoms with van der Waals surface area (Å²) in [5.74, 6) is -0.174. The molecular formula is C18H16ClFN4OS. The van der Waals surface area contributed by atoms with E-state index >= 15 is 0 Å². The maximum atomic E-state index is 14.0. The second kappa shape index (κ2) is 7.88. The van der Waals surface area contributed by atoms with Crippen LogP contribution < -0.4 is 5.32 Å². The molecule has 0 bridgehead atoms. The lowest BCUT2D eigenvalue weighted by molar-refractivity contribution is -0.115. The lowest BCUT2D eigenvalue weighted by Crippen LogP contribution is -2.23. The van der Waals surface area contributed by atoms with E-state index in [2.05, 4.69) is 15.5 Å². The van der Waals surface area contributed by atoms with Gasteiger partial charge in [0.05, 0.1) is 21.5 Å². The molecule has 0 spiro atoms. The van der Waals surface area contributed by atoms with Crippen molar-refractivity contribution >= 4 is 35.0 Å². The Kier molecular flexibility index (Phi) is 5.58. The van der Waals surface area contributed by atoms with Crippen LogP contribution in [0.5, 0.6) is 0 Å². The summed E-state index contributed by atoms with van der Waals surface area (Å²) in [6, 6.07) is 13.4. The largest absolute Gasteiger partial charge is 0.324 e. The number of rotatable bonds is 5. The highest BCUT2D eigenvalue weighted by atomic mass is 35.5. The lowest BCUT2D eigenvalue weighted by atomic mass is 10.2. The van der Waals surface area contributed by atoms with E-state index in [1.807, 2.05) is 0 Å². The topological polar surface area (TPSA) is 59.8 Å². The number of amides is 1. The van der Waals surface area contributed by atoms with Crippen LogP contribution in [0.4, 0.5) is 10.1 Å². The minimum absolute atomic E-state index is 0.210. The van der Waals surface area contributed by atoms with Gasteiger partial charge in [0.15, 0.2) is 11.0 Å². The van der Waals surface area contributed by atoms with E-state index in [1.165, 1.54) is 17.8 Å². The van der Waals surface area contributed by atoms with Gasteiger partial charge in [-0.2, -0.15) is 0 Å². The minimum Gasteiger partial charge on any atom is -0.324 e. The van der Waals surface area contributed by atoms with Gasteiger partial charge in [-0.1, -0.05) is 47.6 Å². The van der Waals surface area contributed by atoms with Gasteiger partial charge >= 0.3 is 0 Å². The molecule has 1 atom stereocenters. The predicted molar refractivity (Wildman–Crippen MR) is 102 cm³/mol. The summed E-state index contributed by atoms with van der Waals surface area (Å²) in [6.07, 6.45) is 0. The van der Waals surface area contributed by atoms with Crippen LogP contribution in [0.1, 0.15) is 6.92 Å². The van der Waals surface area contributed by atoms with Gasteiger partial charge < -0.3 is 9.88 Å². The average Bonchev–Trinajstić information content (AvgIpc) is 2.98. The summed E-state index contributed by atoms with van der Waals surface area (Å²) in [5, 5.41) is 11.5. The zero-order chi connectivity index (χ0) is 18.7. The SMILES string of the molecule is C[C@H](Sc1nnc(-c2ccccc2F)n1C)C(=O)Nc1ccccc1Cl. The van der Waals surface area contributed by atoms with E-state index in [0.29, 0.717) is 27.3 Å². The molecule has 1 amide bonds. The van der Waals surface area contributed by atoms with Crippen LogP contribution in [0.15, 0.2) is 53.7 Å². The van der Waals surface area contributed by atoms with Gasteiger partial charge in [0.25, 0.3) is 0 Å². The number of carbonyl (C=O) groups is 1. The van der Waals surface area contributed by atoms with Crippen LogP contribution in [0.25, 0.3) is 11.4 Å².